The van der Waals surface area contributed by atoms with Crippen LogP contribution in [0.1, 0.15) is 52.4 Å². The second-order valence-electron chi connectivity index (χ2n) is 3.96. The first-order chi connectivity index (χ1) is 8.99. The van der Waals surface area contributed by atoms with E-state index in [-0.39, 0.29) is 24.4 Å². The van der Waals surface area contributed by atoms with Gasteiger partial charge in [0.05, 0.1) is 0 Å². The van der Waals surface area contributed by atoms with Crippen LogP contribution in [0.3, 0.4) is 0 Å². The normalized spacial score (nSPS) is 9.79. The average Bonchev–Trinajstić information content (AvgIpc) is 2.28. The molecule has 0 heterocycles. The minimum atomic E-state index is -2.08. The fourth-order valence-electron chi connectivity index (χ4n) is 1.24. The van der Waals surface area contributed by atoms with Gasteiger partial charge in [-0.3, -0.25) is 0 Å². The molecule has 0 rings (SSSR count). The van der Waals surface area contributed by atoms with Gasteiger partial charge in [0, 0.05) is 0 Å². The van der Waals surface area contributed by atoms with Gasteiger partial charge in [-0.05, 0) is 0 Å². The van der Waals surface area contributed by atoms with Crippen molar-refractivity contribution in [3.05, 3.63) is 0 Å². The molecule has 0 unspecified atom stereocenters. The van der Waals surface area contributed by atoms with Crippen molar-refractivity contribution in [2.75, 3.05) is 0 Å². The Labute approximate surface area is 123 Å². The molecule has 0 spiro atoms. The molecular weight excluding hydrogens is 359 g/mol. The Morgan fingerprint density at radius 2 is 1.16 bits per heavy atom. The molecular formula is C12H18O6Sn. The van der Waals surface area contributed by atoms with E-state index in [2.05, 4.69) is 0 Å². The Hall–Kier alpha value is -0.921. The van der Waals surface area contributed by atoms with E-state index in [0.29, 0.717) is 25.7 Å². The predicted octanol–water partition coefficient (Wildman–Crippen LogP) is 1.13. The standard InChI is InChI=1S/2C6H10O3.Sn/c2*1-2-3-5(7)4-6(8)9;/h2*2-4H2,1H3,(H,8,9);/q;;+2/p-2. The quantitative estimate of drug-likeness (QED) is 0.419. The number of carbonyl (C=O) groups excluding carboxylic acids is 4. The van der Waals surface area contributed by atoms with E-state index in [0.717, 1.165) is 0 Å². The van der Waals surface area contributed by atoms with Crippen molar-refractivity contribution < 1.29 is 25.3 Å². The van der Waals surface area contributed by atoms with Gasteiger partial charge >= 0.3 is 123 Å². The fourth-order valence-corrected chi connectivity index (χ4v) is 2.30. The first kappa shape index (κ1) is 18.1. The molecule has 0 saturated carbocycles. The maximum absolute atomic E-state index is 11.2. The van der Waals surface area contributed by atoms with Crippen LogP contribution in [0.15, 0.2) is 0 Å². The Morgan fingerprint density at radius 1 is 0.789 bits per heavy atom. The number of rotatable bonds is 10. The van der Waals surface area contributed by atoms with Crippen LogP contribution in [0.2, 0.25) is 0 Å². The van der Waals surface area contributed by atoms with Gasteiger partial charge in [-0.1, -0.05) is 0 Å². The summed E-state index contributed by atoms with van der Waals surface area (Å²) in [7, 11) is 0. The predicted molar refractivity (Wildman–Crippen MR) is 67.0 cm³/mol. The minimum absolute atomic E-state index is 0.184. The molecule has 0 amide bonds. The second kappa shape index (κ2) is 11.0. The third-order valence-corrected chi connectivity index (χ3v) is 3.83. The SMILES string of the molecule is CCCC(=O)CC(=O)[O][Sn][O]C(=O)CC(=O)CCC. The van der Waals surface area contributed by atoms with Crippen LogP contribution in [0, 0.1) is 0 Å². The van der Waals surface area contributed by atoms with Crippen molar-refractivity contribution in [1.82, 2.24) is 0 Å². The van der Waals surface area contributed by atoms with E-state index in [1.807, 2.05) is 13.8 Å². The van der Waals surface area contributed by atoms with E-state index in [1.54, 1.807) is 0 Å². The molecule has 0 aromatic rings. The molecule has 0 N–H and O–H groups in total. The van der Waals surface area contributed by atoms with E-state index < -0.39 is 33.9 Å². The summed E-state index contributed by atoms with van der Waals surface area (Å²) < 4.78 is 9.45. The number of ketones is 2. The Bertz CT molecular complexity index is 307. The summed E-state index contributed by atoms with van der Waals surface area (Å²) in [6, 6.07) is 0. The number of hydrogen-bond acceptors (Lipinski definition) is 6. The van der Waals surface area contributed by atoms with Crippen LogP contribution in [0.4, 0.5) is 0 Å². The van der Waals surface area contributed by atoms with Gasteiger partial charge in [-0.25, -0.2) is 0 Å². The van der Waals surface area contributed by atoms with Gasteiger partial charge in [0.2, 0.25) is 0 Å². The molecule has 0 bridgehead atoms. The van der Waals surface area contributed by atoms with Crippen molar-refractivity contribution in [3.8, 4) is 0 Å². The first-order valence-corrected chi connectivity index (χ1v) is 8.50. The number of Topliss-reactive ketones (excluding diaryl/α,β-unsaturated/α-hetero) is 2. The summed E-state index contributed by atoms with van der Waals surface area (Å²) in [6.45, 7) is 3.68. The van der Waals surface area contributed by atoms with Gasteiger partial charge in [0.25, 0.3) is 0 Å². The molecule has 0 atom stereocenters. The van der Waals surface area contributed by atoms with Crippen molar-refractivity contribution in [2.45, 2.75) is 52.4 Å². The summed E-state index contributed by atoms with van der Waals surface area (Å²) in [4.78, 5) is 44.6. The Morgan fingerprint density at radius 3 is 1.47 bits per heavy atom. The molecule has 0 aliphatic heterocycles. The van der Waals surface area contributed by atoms with Crippen molar-refractivity contribution in [2.24, 2.45) is 0 Å². The summed E-state index contributed by atoms with van der Waals surface area (Å²) in [6.07, 6.45) is 1.49. The molecule has 0 fully saturated rings. The summed E-state index contributed by atoms with van der Waals surface area (Å²) >= 11 is -2.08. The van der Waals surface area contributed by atoms with Gasteiger partial charge in [0.1, 0.15) is 0 Å². The van der Waals surface area contributed by atoms with Crippen molar-refractivity contribution >= 4 is 45.5 Å². The number of hydrogen-bond donors (Lipinski definition) is 0. The van der Waals surface area contributed by atoms with Crippen LogP contribution in [-0.2, 0) is 25.3 Å². The molecule has 7 heteroatoms. The summed E-state index contributed by atoms with van der Waals surface area (Å²) in [5.74, 6) is -1.68. The second-order valence-corrected chi connectivity index (χ2v) is 5.60. The van der Waals surface area contributed by atoms with Gasteiger partial charge < -0.3 is 0 Å². The van der Waals surface area contributed by atoms with Crippen LogP contribution >= 0.6 is 0 Å². The third kappa shape index (κ3) is 10.7. The van der Waals surface area contributed by atoms with Gasteiger partial charge in [0.15, 0.2) is 0 Å². The third-order valence-electron chi connectivity index (χ3n) is 2.05. The maximum atomic E-state index is 11.2. The molecule has 0 saturated heterocycles. The van der Waals surface area contributed by atoms with Crippen molar-refractivity contribution in [1.29, 1.82) is 0 Å². The monoisotopic (exact) mass is 378 g/mol. The zero-order chi connectivity index (χ0) is 14.7. The van der Waals surface area contributed by atoms with Crippen LogP contribution in [-0.4, -0.2) is 45.5 Å². The molecule has 0 aliphatic rings. The van der Waals surface area contributed by atoms with Crippen LogP contribution < -0.4 is 0 Å². The molecule has 0 aromatic heterocycles. The molecule has 2 radical (unpaired) electrons. The van der Waals surface area contributed by atoms with Gasteiger partial charge in [-0.2, -0.15) is 0 Å². The molecule has 6 nitrogen and oxygen atoms in total. The Balaban J connectivity index is 3.72. The fraction of sp³-hybridized carbons (Fsp3) is 0.667. The van der Waals surface area contributed by atoms with Crippen LogP contribution in [0.5, 0.6) is 0 Å². The zero-order valence-corrected chi connectivity index (χ0v) is 14.0. The molecule has 106 valence electrons. The molecule has 0 aromatic carbocycles. The van der Waals surface area contributed by atoms with E-state index in [1.165, 1.54) is 0 Å². The van der Waals surface area contributed by atoms with E-state index >= 15 is 0 Å². The van der Waals surface area contributed by atoms with Crippen molar-refractivity contribution in [3.63, 3.8) is 0 Å². The van der Waals surface area contributed by atoms with Gasteiger partial charge in [-0.15, -0.1) is 0 Å². The zero-order valence-electron chi connectivity index (χ0n) is 11.2. The molecule has 19 heavy (non-hydrogen) atoms. The number of carbonyl (C=O) groups is 4. The summed E-state index contributed by atoms with van der Waals surface area (Å²) in [5, 5.41) is 0. The topological polar surface area (TPSA) is 86.7 Å². The Kier molecular flexibility index (Phi) is 10.4. The average molecular weight is 377 g/mol. The molecule has 0 aliphatic carbocycles. The van der Waals surface area contributed by atoms with E-state index in [9.17, 15) is 19.2 Å². The van der Waals surface area contributed by atoms with E-state index in [4.69, 9.17) is 6.15 Å². The van der Waals surface area contributed by atoms with Crippen LogP contribution in [0.25, 0.3) is 0 Å². The first-order valence-electron chi connectivity index (χ1n) is 6.17. The summed E-state index contributed by atoms with van der Waals surface area (Å²) in [5.41, 5.74) is 0.